The minimum Gasteiger partial charge on any atom is -0.472 e. The number of pyridine rings is 1. The van der Waals surface area contributed by atoms with Crippen LogP contribution in [-0.4, -0.2) is 77.5 Å². The van der Waals surface area contributed by atoms with Crippen LogP contribution in [0.2, 0.25) is 0 Å². The molecule has 2 amide bonds. The van der Waals surface area contributed by atoms with E-state index in [0.717, 1.165) is 0 Å². The van der Waals surface area contributed by atoms with Gasteiger partial charge in [0.05, 0.1) is 11.8 Å². The van der Waals surface area contributed by atoms with Crippen molar-refractivity contribution in [3.8, 4) is 11.6 Å². The smallest absolute Gasteiger partial charge is 0.472 e. The number of rotatable bonds is 11. The number of likely N-dealkylation sites (tertiary alicyclic amines) is 1. The molecular weight excluding hydrogens is 627 g/mol. The molecule has 5 rings (SSSR count). The Balaban J connectivity index is 1.41. The Bertz CT molecular complexity index is 1670. The van der Waals surface area contributed by atoms with E-state index >= 15 is 0 Å². The summed E-state index contributed by atoms with van der Waals surface area (Å²) in [6.45, 7) is 11.1. The van der Waals surface area contributed by atoms with Crippen LogP contribution in [0.3, 0.4) is 0 Å². The fourth-order valence-electron chi connectivity index (χ4n) is 5.88. The zero-order valence-electron chi connectivity index (χ0n) is 26.1. The molecule has 5 atom stereocenters. The van der Waals surface area contributed by atoms with Gasteiger partial charge >= 0.3 is 6.36 Å². The maximum Gasteiger partial charge on any atom is 0.573 e. The van der Waals surface area contributed by atoms with E-state index in [1.165, 1.54) is 41.4 Å². The van der Waals surface area contributed by atoms with Gasteiger partial charge in [-0.25, -0.2) is 13.4 Å². The summed E-state index contributed by atoms with van der Waals surface area (Å²) < 4.78 is 74.6. The number of Topliss-reactive ketones (excluding diaryl/α,β-unsaturated/α-hetero) is 1. The van der Waals surface area contributed by atoms with Gasteiger partial charge in [-0.1, -0.05) is 39.8 Å². The lowest BCUT2D eigenvalue weighted by Crippen LogP contribution is -2.55. The number of hydrogen-bond acceptors (Lipinski definition) is 8. The predicted octanol–water partition coefficient (Wildman–Crippen LogP) is 4.37. The number of halogens is 3. The zero-order chi connectivity index (χ0) is 33.8. The zero-order valence-corrected chi connectivity index (χ0v) is 26.9. The van der Waals surface area contributed by atoms with Crippen LogP contribution < -0.4 is 14.8 Å². The first kappa shape index (κ1) is 33.7. The van der Waals surface area contributed by atoms with Gasteiger partial charge in [0.25, 0.3) is 0 Å². The molecule has 3 aliphatic rings. The molecule has 250 valence electrons. The molecule has 2 aromatic rings. The third kappa shape index (κ3) is 6.86. The summed E-state index contributed by atoms with van der Waals surface area (Å²) >= 11 is 0. The van der Waals surface area contributed by atoms with Gasteiger partial charge in [0, 0.05) is 35.2 Å². The lowest BCUT2D eigenvalue weighted by molar-refractivity contribution is -0.274. The van der Waals surface area contributed by atoms with Crippen LogP contribution in [-0.2, 0) is 24.2 Å². The van der Waals surface area contributed by atoms with Crippen LogP contribution in [0.15, 0.2) is 43.1 Å². The SMILES string of the molecule is C=C[C@@H]1C[C@]1(NC(=O)[C@@H]1C[C@@H](Oc2nccc3c(OC(F)(F)F)cccc23)CN1C(=O)[C@@H](C)C(C)(C)C)C(=O)CS(=O)(=O)C1CC1. The molecule has 0 spiro atoms. The lowest BCUT2D eigenvalue weighted by atomic mass is 9.81. The van der Waals surface area contributed by atoms with Gasteiger partial charge in [-0.15, -0.1) is 19.8 Å². The Morgan fingerprint density at radius 1 is 1.17 bits per heavy atom. The van der Waals surface area contributed by atoms with Crippen LogP contribution >= 0.6 is 0 Å². The Morgan fingerprint density at radius 2 is 1.87 bits per heavy atom. The third-order valence-electron chi connectivity index (χ3n) is 9.26. The molecule has 1 N–H and O–H groups in total. The first-order valence-corrected chi connectivity index (χ1v) is 16.9. The van der Waals surface area contributed by atoms with Crippen molar-refractivity contribution in [3.05, 3.63) is 43.1 Å². The maximum atomic E-state index is 13.9. The Labute approximate surface area is 265 Å². The van der Waals surface area contributed by atoms with Crippen LogP contribution in [0.25, 0.3) is 10.8 Å². The molecule has 2 saturated carbocycles. The van der Waals surface area contributed by atoms with Crippen LogP contribution in [0.1, 0.15) is 53.4 Å². The molecule has 46 heavy (non-hydrogen) atoms. The fourth-order valence-corrected chi connectivity index (χ4v) is 7.59. The third-order valence-corrected chi connectivity index (χ3v) is 11.4. The van der Waals surface area contributed by atoms with Crippen molar-refractivity contribution in [3.63, 3.8) is 0 Å². The van der Waals surface area contributed by atoms with Gasteiger partial charge in [-0.2, -0.15) is 0 Å². The predicted molar refractivity (Wildman–Crippen MR) is 163 cm³/mol. The molecule has 0 bridgehead atoms. The van der Waals surface area contributed by atoms with E-state index in [9.17, 15) is 36.0 Å². The van der Waals surface area contributed by atoms with E-state index < -0.39 is 79.6 Å². The molecule has 2 aliphatic carbocycles. The van der Waals surface area contributed by atoms with E-state index in [-0.39, 0.29) is 41.9 Å². The summed E-state index contributed by atoms with van der Waals surface area (Å²) in [5.41, 5.74) is -1.89. The molecule has 0 unspecified atom stereocenters. The van der Waals surface area contributed by atoms with E-state index in [4.69, 9.17) is 4.74 Å². The summed E-state index contributed by atoms with van der Waals surface area (Å²) in [5, 5.41) is 2.60. The van der Waals surface area contributed by atoms with Crippen molar-refractivity contribution >= 4 is 38.2 Å². The Morgan fingerprint density at radius 3 is 2.46 bits per heavy atom. The van der Waals surface area contributed by atoms with Crippen molar-refractivity contribution in [2.24, 2.45) is 17.3 Å². The van der Waals surface area contributed by atoms with E-state index in [0.29, 0.717) is 12.8 Å². The highest BCUT2D eigenvalue weighted by atomic mass is 32.2. The largest absolute Gasteiger partial charge is 0.573 e. The highest BCUT2D eigenvalue weighted by Crippen LogP contribution is 2.46. The fraction of sp³-hybridized carbons (Fsp3) is 0.562. The second kappa shape index (κ2) is 11.8. The van der Waals surface area contributed by atoms with Crippen molar-refractivity contribution in [1.29, 1.82) is 0 Å². The second-order valence-corrected chi connectivity index (χ2v) is 15.8. The number of carbonyl (C=O) groups is 3. The molecule has 1 saturated heterocycles. The molecule has 1 aromatic carbocycles. The van der Waals surface area contributed by atoms with Gasteiger partial charge in [0.15, 0.2) is 15.6 Å². The highest BCUT2D eigenvalue weighted by Gasteiger charge is 2.61. The number of sulfone groups is 1. The molecule has 3 fully saturated rings. The molecular formula is C32H38F3N3O7S. The number of nitrogens with one attached hydrogen (secondary N) is 1. The van der Waals surface area contributed by atoms with Crippen molar-refractivity contribution in [1.82, 2.24) is 15.2 Å². The number of aromatic nitrogens is 1. The summed E-state index contributed by atoms with van der Waals surface area (Å²) in [6, 6.07) is 4.36. The van der Waals surface area contributed by atoms with Gasteiger partial charge in [-0.3, -0.25) is 14.4 Å². The van der Waals surface area contributed by atoms with Gasteiger partial charge in [0.1, 0.15) is 29.2 Å². The van der Waals surface area contributed by atoms with Crippen LogP contribution in [0.5, 0.6) is 11.6 Å². The molecule has 10 nitrogen and oxygen atoms in total. The number of ketones is 1. The average Bonchev–Trinajstić information content (AvgIpc) is 3.88. The van der Waals surface area contributed by atoms with Gasteiger partial charge in [-0.05, 0) is 42.9 Å². The number of nitrogens with zero attached hydrogens (tertiary/aromatic N) is 2. The first-order chi connectivity index (χ1) is 21.4. The number of hydrogen-bond donors (Lipinski definition) is 1. The summed E-state index contributed by atoms with van der Waals surface area (Å²) in [7, 11) is -3.64. The van der Waals surface area contributed by atoms with Gasteiger partial charge < -0.3 is 19.7 Å². The molecule has 14 heteroatoms. The summed E-state index contributed by atoms with van der Waals surface area (Å²) in [4.78, 5) is 46.7. The highest BCUT2D eigenvalue weighted by molar-refractivity contribution is 7.93. The van der Waals surface area contributed by atoms with Crippen molar-refractivity contribution in [2.75, 3.05) is 12.3 Å². The van der Waals surface area contributed by atoms with E-state index in [2.05, 4.69) is 21.6 Å². The number of carbonyl (C=O) groups excluding carboxylic acids is 3. The standard InChI is InChI=1S/C32H38F3N3O7S/c1-6-19-15-31(19,26(39)17-46(42,43)21-10-11-21)37-27(40)24-14-20(16-38(24)29(41)18(2)30(3,4)5)44-28-23-8-7-9-25(45-32(33,34)35)22(23)12-13-36-28/h6-9,12-13,18-21,24H,1,10-11,14-17H2,2-5H3,(H,37,40)/t18-,19-,20-,24+,31-/m1/s1. The molecule has 1 aliphatic heterocycles. The van der Waals surface area contributed by atoms with Crippen LogP contribution in [0.4, 0.5) is 13.2 Å². The Kier molecular flexibility index (Phi) is 8.67. The normalized spacial score (nSPS) is 25.5. The quantitative estimate of drug-likeness (QED) is 0.350. The van der Waals surface area contributed by atoms with Crippen LogP contribution in [0, 0.1) is 17.3 Å². The van der Waals surface area contributed by atoms with Crippen molar-refractivity contribution in [2.45, 2.75) is 82.7 Å². The second-order valence-electron chi connectivity index (χ2n) is 13.5. The number of ether oxygens (including phenoxy) is 2. The molecule has 0 radical (unpaired) electrons. The van der Waals surface area contributed by atoms with Gasteiger partial charge in [0.2, 0.25) is 17.7 Å². The maximum absolute atomic E-state index is 13.9. The Hall–Kier alpha value is -3.68. The molecule has 2 heterocycles. The molecule has 1 aromatic heterocycles. The summed E-state index contributed by atoms with van der Waals surface area (Å²) in [6.07, 6.45) is -1.70. The lowest BCUT2D eigenvalue weighted by Gasteiger charge is -2.33. The van der Waals surface area contributed by atoms with E-state index in [1.807, 2.05) is 20.8 Å². The average molecular weight is 666 g/mol. The minimum absolute atomic E-state index is 0.00158. The topological polar surface area (TPSA) is 132 Å². The first-order valence-electron chi connectivity index (χ1n) is 15.2. The van der Waals surface area contributed by atoms with Crippen molar-refractivity contribution < 1.29 is 45.4 Å². The number of fused-ring (bicyclic) bond motifs is 1. The van der Waals surface area contributed by atoms with E-state index in [1.54, 1.807) is 6.92 Å². The summed E-state index contributed by atoms with van der Waals surface area (Å²) in [5.74, 6) is -3.66. The minimum atomic E-state index is -4.91. The number of amides is 2. The monoisotopic (exact) mass is 665 g/mol. The number of alkyl halides is 3. The number of benzene rings is 1.